The Labute approximate surface area is 115 Å². The van der Waals surface area contributed by atoms with Gasteiger partial charge in [-0.15, -0.1) is 11.8 Å². The Bertz CT molecular complexity index is 539. The van der Waals surface area contributed by atoms with Crippen LogP contribution in [0.2, 0.25) is 0 Å². The quantitative estimate of drug-likeness (QED) is 0.887. The second kappa shape index (κ2) is 4.56. The van der Waals surface area contributed by atoms with Crippen molar-refractivity contribution in [2.24, 2.45) is 0 Å². The molecule has 0 radical (unpaired) electrons. The van der Waals surface area contributed by atoms with E-state index < -0.39 is 11.5 Å². The molecule has 1 aromatic rings. The minimum Gasteiger partial charge on any atom is -0.480 e. The summed E-state index contributed by atoms with van der Waals surface area (Å²) in [5.41, 5.74) is 0.00379. The molecule has 1 heterocycles. The van der Waals surface area contributed by atoms with Gasteiger partial charge in [0.1, 0.15) is 5.54 Å². The van der Waals surface area contributed by atoms with Gasteiger partial charge in [0, 0.05) is 10.6 Å². The molecule has 3 rings (SSSR count). The second-order valence-electron chi connectivity index (χ2n) is 5.13. The van der Waals surface area contributed by atoms with Gasteiger partial charge in [-0.3, -0.25) is 4.79 Å². The highest BCUT2D eigenvalue weighted by Crippen LogP contribution is 2.40. The minimum absolute atomic E-state index is 0.153. The van der Waals surface area contributed by atoms with E-state index in [1.54, 1.807) is 11.8 Å². The Morgan fingerprint density at radius 2 is 2.05 bits per heavy atom. The average molecular weight is 277 g/mol. The molecular formula is C14H15NO3S. The SMILES string of the molecule is O=C(NC1(C(=O)O)CCC1)C1CSc2ccccc21. The standard InChI is InChI=1S/C14H15NO3S/c16-12(15-14(13(17)18)6-3-7-14)10-8-19-11-5-2-1-4-9(10)11/h1-2,4-5,10H,3,6-8H2,(H,15,16)(H,17,18). The van der Waals surface area contributed by atoms with Crippen LogP contribution in [-0.4, -0.2) is 28.3 Å². The highest BCUT2D eigenvalue weighted by Gasteiger charge is 2.47. The zero-order valence-electron chi connectivity index (χ0n) is 10.4. The predicted molar refractivity (Wildman–Crippen MR) is 72.3 cm³/mol. The molecule has 0 saturated heterocycles. The zero-order valence-corrected chi connectivity index (χ0v) is 11.2. The van der Waals surface area contributed by atoms with Crippen molar-refractivity contribution in [1.29, 1.82) is 0 Å². The molecule has 1 atom stereocenters. The van der Waals surface area contributed by atoms with Gasteiger partial charge in [-0.1, -0.05) is 18.2 Å². The molecule has 2 aliphatic rings. The number of benzene rings is 1. The van der Waals surface area contributed by atoms with Crippen molar-refractivity contribution in [3.63, 3.8) is 0 Å². The highest BCUT2D eigenvalue weighted by atomic mass is 32.2. The molecule has 0 spiro atoms. The first kappa shape index (κ1) is 12.5. The summed E-state index contributed by atoms with van der Waals surface area (Å²) >= 11 is 1.66. The lowest BCUT2D eigenvalue weighted by atomic mass is 9.76. The lowest BCUT2D eigenvalue weighted by molar-refractivity contribution is -0.151. The van der Waals surface area contributed by atoms with Crippen molar-refractivity contribution in [2.45, 2.75) is 35.6 Å². The average Bonchev–Trinajstić information content (AvgIpc) is 2.77. The molecule has 0 aromatic heterocycles. The normalized spacial score (nSPS) is 23.3. The van der Waals surface area contributed by atoms with Gasteiger partial charge in [0.15, 0.2) is 0 Å². The van der Waals surface area contributed by atoms with Crippen LogP contribution in [0, 0.1) is 0 Å². The lowest BCUT2D eigenvalue weighted by Crippen LogP contribution is -2.60. The minimum atomic E-state index is -1.01. The molecule has 5 heteroatoms. The Morgan fingerprint density at radius 3 is 2.68 bits per heavy atom. The Hall–Kier alpha value is -1.49. The molecule has 4 nitrogen and oxygen atoms in total. The fourth-order valence-electron chi connectivity index (χ4n) is 2.63. The van der Waals surface area contributed by atoms with Crippen LogP contribution >= 0.6 is 11.8 Å². The Balaban J connectivity index is 1.77. The predicted octanol–water partition coefficient (Wildman–Crippen LogP) is 2.00. The second-order valence-corrected chi connectivity index (χ2v) is 6.19. The maximum Gasteiger partial charge on any atom is 0.329 e. The van der Waals surface area contributed by atoms with Crippen molar-refractivity contribution in [1.82, 2.24) is 5.32 Å². The number of carbonyl (C=O) groups excluding carboxylic acids is 1. The molecule has 1 saturated carbocycles. The maximum atomic E-state index is 12.3. The third-order valence-corrected chi connectivity index (χ3v) is 5.18. The Morgan fingerprint density at radius 1 is 1.32 bits per heavy atom. The summed E-state index contributed by atoms with van der Waals surface area (Å²) < 4.78 is 0. The number of carboxylic acid groups (broad SMARTS) is 1. The molecule has 2 N–H and O–H groups in total. The van der Waals surface area contributed by atoms with Crippen LogP contribution in [0.25, 0.3) is 0 Å². The smallest absolute Gasteiger partial charge is 0.329 e. The topological polar surface area (TPSA) is 66.4 Å². The van der Waals surface area contributed by atoms with Gasteiger partial charge in [-0.05, 0) is 30.9 Å². The summed E-state index contributed by atoms with van der Waals surface area (Å²) in [6, 6.07) is 7.83. The van der Waals surface area contributed by atoms with Crippen LogP contribution in [0.5, 0.6) is 0 Å². The van der Waals surface area contributed by atoms with E-state index in [9.17, 15) is 14.7 Å². The monoisotopic (exact) mass is 277 g/mol. The molecule has 1 fully saturated rings. The third-order valence-electron chi connectivity index (χ3n) is 4.00. The van der Waals surface area contributed by atoms with Crippen molar-refractivity contribution < 1.29 is 14.7 Å². The number of rotatable bonds is 3. The number of aliphatic carboxylic acids is 1. The van der Waals surface area contributed by atoms with Gasteiger partial charge in [0.2, 0.25) is 5.91 Å². The largest absolute Gasteiger partial charge is 0.480 e. The first-order chi connectivity index (χ1) is 9.12. The van der Waals surface area contributed by atoms with E-state index in [4.69, 9.17) is 0 Å². The summed E-state index contributed by atoms with van der Waals surface area (Å²) in [4.78, 5) is 24.7. The molecule has 19 heavy (non-hydrogen) atoms. The van der Waals surface area contributed by atoms with Crippen molar-refractivity contribution in [2.75, 3.05) is 5.75 Å². The van der Waals surface area contributed by atoms with E-state index in [1.807, 2.05) is 24.3 Å². The number of carbonyl (C=O) groups is 2. The summed E-state index contributed by atoms with van der Waals surface area (Å²) in [6.45, 7) is 0. The van der Waals surface area contributed by atoms with Gasteiger partial charge in [0.25, 0.3) is 0 Å². The van der Waals surface area contributed by atoms with Crippen molar-refractivity contribution in [3.05, 3.63) is 29.8 Å². The van der Waals surface area contributed by atoms with Crippen molar-refractivity contribution >= 4 is 23.6 Å². The number of thioether (sulfide) groups is 1. The number of amides is 1. The van der Waals surface area contributed by atoms with E-state index >= 15 is 0 Å². The van der Waals surface area contributed by atoms with E-state index in [0.717, 1.165) is 16.9 Å². The molecule has 1 unspecified atom stereocenters. The number of nitrogens with one attached hydrogen (secondary N) is 1. The fourth-order valence-corrected chi connectivity index (χ4v) is 3.85. The van der Waals surface area contributed by atoms with E-state index in [1.165, 1.54) is 0 Å². The first-order valence-electron chi connectivity index (χ1n) is 6.39. The van der Waals surface area contributed by atoms with E-state index in [-0.39, 0.29) is 11.8 Å². The van der Waals surface area contributed by atoms with Gasteiger partial charge in [0.05, 0.1) is 5.92 Å². The van der Waals surface area contributed by atoms with Crippen LogP contribution in [-0.2, 0) is 9.59 Å². The molecule has 1 aromatic carbocycles. The number of hydrogen-bond acceptors (Lipinski definition) is 3. The number of carboxylic acids is 1. The van der Waals surface area contributed by atoms with Crippen LogP contribution in [0.4, 0.5) is 0 Å². The number of hydrogen-bond donors (Lipinski definition) is 2. The number of fused-ring (bicyclic) bond motifs is 1. The van der Waals surface area contributed by atoms with E-state index in [2.05, 4.69) is 5.32 Å². The summed E-state index contributed by atoms with van der Waals surface area (Å²) in [6.07, 6.45) is 1.94. The summed E-state index contributed by atoms with van der Waals surface area (Å²) in [5.74, 6) is -0.593. The van der Waals surface area contributed by atoms with Crippen molar-refractivity contribution in [3.8, 4) is 0 Å². The molecule has 0 bridgehead atoms. The Kier molecular flexibility index (Phi) is 3.01. The van der Waals surface area contributed by atoms with Gasteiger partial charge in [-0.25, -0.2) is 4.79 Å². The van der Waals surface area contributed by atoms with E-state index in [0.29, 0.717) is 18.6 Å². The third kappa shape index (κ3) is 2.02. The van der Waals surface area contributed by atoms with Gasteiger partial charge < -0.3 is 10.4 Å². The van der Waals surface area contributed by atoms with Gasteiger partial charge >= 0.3 is 5.97 Å². The molecular weight excluding hydrogens is 262 g/mol. The molecule has 1 amide bonds. The van der Waals surface area contributed by atoms with Crippen LogP contribution in [0.15, 0.2) is 29.2 Å². The molecule has 1 aliphatic carbocycles. The fraction of sp³-hybridized carbons (Fsp3) is 0.429. The van der Waals surface area contributed by atoms with Crippen LogP contribution in [0.3, 0.4) is 0 Å². The summed E-state index contributed by atoms with van der Waals surface area (Å²) in [7, 11) is 0. The molecule has 1 aliphatic heterocycles. The summed E-state index contributed by atoms with van der Waals surface area (Å²) in [5, 5.41) is 12.0. The lowest BCUT2D eigenvalue weighted by Gasteiger charge is -2.38. The highest BCUT2D eigenvalue weighted by molar-refractivity contribution is 7.99. The first-order valence-corrected chi connectivity index (χ1v) is 7.38. The molecule has 100 valence electrons. The zero-order chi connectivity index (χ0) is 13.5. The maximum absolute atomic E-state index is 12.3. The van der Waals surface area contributed by atoms with Crippen LogP contribution < -0.4 is 5.32 Å². The van der Waals surface area contributed by atoms with Crippen LogP contribution in [0.1, 0.15) is 30.7 Å². The van der Waals surface area contributed by atoms with Gasteiger partial charge in [-0.2, -0.15) is 0 Å².